The molecule has 92 valence electrons. The van der Waals surface area contributed by atoms with Crippen LogP contribution in [0.4, 0.5) is 0 Å². The summed E-state index contributed by atoms with van der Waals surface area (Å²) in [7, 11) is 1.75. The molecule has 1 aliphatic heterocycles. The molecule has 0 saturated carbocycles. The van der Waals surface area contributed by atoms with Gasteiger partial charge in [0, 0.05) is 52.3 Å². The lowest BCUT2D eigenvalue weighted by Gasteiger charge is -2.40. The molecule has 0 aromatic rings. The van der Waals surface area contributed by atoms with Crippen LogP contribution < -0.4 is 0 Å². The van der Waals surface area contributed by atoms with E-state index in [9.17, 15) is 0 Å². The quantitative estimate of drug-likeness (QED) is 0.674. The molecule has 0 aliphatic carbocycles. The first-order valence-corrected chi connectivity index (χ1v) is 6.14. The van der Waals surface area contributed by atoms with Crippen LogP contribution >= 0.6 is 0 Å². The Morgan fingerprint density at radius 2 is 2.19 bits per heavy atom. The van der Waals surface area contributed by atoms with E-state index >= 15 is 0 Å². The van der Waals surface area contributed by atoms with Crippen molar-refractivity contribution in [3.63, 3.8) is 0 Å². The van der Waals surface area contributed by atoms with E-state index in [0.717, 1.165) is 39.3 Å². The second-order valence-corrected chi connectivity index (χ2v) is 4.30. The van der Waals surface area contributed by atoms with Gasteiger partial charge in [0.1, 0.15) is 0 Å². The summed E-state index contributed by atoms with van der Waals surface area (Å²) in [6.45, 7) is 8.29. The molecule has 0 aromatic heterocycles. The van der Waals surface area contributed by atoms with Crippen LogP contribution in [0.1, 0.15) is 19.8 Å². The summed E-state index contributed by atoms with van der Waals surface area (Å²) < 4.78 is 5.13. The molecule has 1 fully saturated rings. The van der Waals surface area contributed by atoms with E-state index in [-0.39, 0.29) is 0 Å². The molecule has 16 heavy (non-hydrogen) atoms. The molecule has 0 N–H and O–H groups in total. The number of piperazine rings is 1. The van der Waals surface area contributed by atoms with E-state index in [2.05, 4.69) is 22.8 Å². The fourth-order valence-electron chi connectivity index (χ4n) is 2.26. The maximum Gasteiger partial charge on any atom is 0.0635 e. The predicted octanol–water partition coefficient (Wildman–Crippen LogP) is 0.943. The molecule has 0 spiro atoms. The first kappa shape index (κ1) is 13.4. The van der Waals surface area contributed by atoms with Crippen molar-refractivity contribution in [2.24, 2.45) is 0 Å². The molecule has 1 unspecified atom stereocenters. The minimum absolute atomic E-state index is 0.627. The Morgan fingerprint density at radius 1 is 1.38 bits per heavy atom. The second kappa shape index (κ2) is 7.61. The Balaban J connectivity index is 2.35. The SMILES string of the molecule is CCC1CN(CCC#N)CCN1CCOC. The van der Waals surface area contributed by atoms with Crippen LogP contribution in [0.3, 0.4) is 0 Å². The maximum atomic E-state index is 8.58. The van der Waals surface area contributed by atoms with Crippen molar-refractivity contribution < 1.29 is 4.74 Å². The van der Waals surface area contributed by atoms with Gasteiger partial charge in [-0.3, -0.25) is 9.80 Å². The van der Waals surface area contributed by atoms with Crippen molar-refractivity contribution in [2.45, 2.75) is 25.8 Å². The molecule has 4 nitrogen and oxygen atoms in total. The normalized spacial score (nSPS) is 23.2. The standard InChI is InChI=1S/C12H23N3O/c1-3-12-11-14(6-4-5-13)7-8-15(12)9-10-16-2/h12H,3-4,6-11H2,1-2H3. The minimum Gasteiger partial charge on any atom is -0.383 e. The Hall–Kier alpha value is -0.630. The molecule has 1 heterocycles. The van der Waals surface area contributed by atoms with Crippen molar-refractivity contribution in [1.82, 2.24) is 9.80 Å². The summed E-state index contributed by atoms with van der Waals surface area (Å²) >= 11 is 0. The first-order valence-electron chi connectivity index (χ1n) is 6.14. The van der Waals surface area contributed by atoms with Gasteiger partial charge in [-0.05, 0) is 6.42 Å². The summed E-state index contributed by atoms with van der Waals surface area (Å²) in [6, 6.07) is 2.85. The van der Waals surface area contributed by atoms with Gasteiger partial charge in [0.25, 0.3) is 0 Å². The predicted molar refractivity (Wildman–Crippen MR) is 64.2 cm³/mol. The van der Waals surface area contributed by atoms with Crippen LogP contribution in [0.25, 0.3) is 0 Å². The molecule has 1 aliphatic rings. The van der Waals surface area contributed by atoms with Crippen molar-refractivity contribution >= 4 is 0 Å². The van der Waals surface area contributed by atoms with E-state index in [1.165, 1.54) is 6.42 Å². The zero-order valence-electron chi connectivity index (χ0n) is 10.5. The summed E-state index contributed by atoms with van der Waals surface area (Å²) in [5.41, 5.74) is 0. The van der Waals surface area contributed by atoms with Gasteiger partial charge in [0.2, 0.25) is 0 Å². The van der Waals surface area contributed by atoms with Gasteiger partial charge in [-0.1, -0.05) is 6.92 Å². The minimum atomic E-state index is 0.627. The van der Waals surface area contributed by atoms with Gasteiger partial charge in [0.15, 0.2) is 0 Å². The zero-order valence-corrected chi connectivity index (χ0v) is 10.5. The van der Waals surface area contributed by atoms with Crippen LogP contribution in [0, 0.1) is 11.3 Å². The molecule has 0 radical (unpaired) electrons. The fourth-order valence-corrected chi connectivity index (χ4v) is 2.26. The molecule has 0 aromatic carbocycles. The highest BCUT2D eigenvalue weighted by atomic mass is 16.5. The summed E-state index contributed by atoms with van der Waals surface area (Å²) in [5, 5.41) is 8.58. The van der Waals surface area contributed by atoms with Gasteiger partial charge in [-0.15, -0.1) is 0 Å². The average Bonchev–Trinajstić information content (AvgIpc) is 2.34. The zero-order chi connectivity index (χ0) is 11.8. The summed E-state index contributed by atoms with van der Waals surface area (Å²) in [5.74, 6) is 0. The van der Waals surface area contributed by atoms with E-state index in [1.54, 1.807) is 7.11 Å². The number of nitriles is 1. The van der Waals surface area contributed by atoms with Crippen molar-refractivity contribution in [3.8, 4) is 6.07 Å². The van der Waals surface area contributed by atoms with Gasteiger partial charge in [-0.25, -0.2) is 0 Å². The lowest BCUT2D eigenvalue weighted by molar-refractivity contribution is 0.0507. The van der Waals surface area contributed by atoms with Crippen LogP contribution in [0.2, 0.25) is 0 Å². The third-order valence-electron chi connectivity index (χ3n) is 3.28. The highest BCUT2D eigenvalue weighted by Gasteiger charge is 2.24. The molecule has 0 amide bonds. The van der Waals surface area contributed by atoms with Crippen molar-refractivity contribution in [3.05, 3.63) is 0 Å². The van der Waals surface area contributed by atoms with Gasteiger partial charge in [-0.2, -0.15) is 5.26 Å². The van der Waals surface area contributed by atoms with Crippen LogP contribution in [-0.2, 0) is 4.74 Å². The average molecular weight is 225 g/mol. The van der Waals surface area contributed by atoms with Crippen LogP contribution in [-0.4, -0.2) is 62.3 Å². The third-order valence-corrected chi connectivity index (χ3v) is 3.28. The molecule has 1 rings (SSSR count). The van der Waals surface area contributed by atoms with Gasteiger partial charge < -0.3 is 4.74 Å². The Kier molecular flexibility index (Phi) is 6.39. The Bertz CT molecular complexity index is 227. The largest absolute Gasteiger partial charge is 0.383 e. The number of rotatable bonds is 6. The summed E-state index contributed by atoms with van der Waals surface area (Å²) in [6.07, 6.45) is 1.82. The monoisotopic (exact) mass is 225 g/mol. The number of nitrogens with zero attached hydrogens (tertiary/aromatic N) is 3. The lowest BCUT2D eigenvalue weighted by Crippen LogP contribution is -2.53. The number of ether oxygens (including phenoxy) is 1. The van der Waals surface area contributed by atoms with E-state index in [4.69, 9.17) is 10.00 Å². The highest BCUT2D eigenvalue weighted by molar-refractivity contribution is 4.83. The van der Waals surface area contributed by atoms with E-state index in [0.29, 0.717) is 12.5 Å². The first-order chi connectivity index (χ1) is 7.81. The third kappa shape index (κ3) is 4.09. The number of methoxy groups -OCH3 is 1. The Morgan fingerprint density at radius 3 is 2.81 bits per heavy atom. The van der Waals surface area contributed by atoms with Crippen molar-refractivity contribution in [2.75, 3.05) is 46.4 Å². The van der Waals surface area contributed by atoms with Crippen LogP contribution in [0.15, 0.2) is 0 Å². The maximum absolute atomic E-state index is 8.58. The number of hydrogen-bond donors (Lipinski definition) is 0. The van der Waals surface area contributed by atoms with Crippen molar-refractivity contribution in [1.29, 1.82) is 5.26 Å². The highest BCUT2D eigenvalue weighted by Crippen LogP contribution is 2.12. The Labute approximate surface area is 98.8 Å². The lowest BCUT2D eigenvalue weighted by atomic mass is 10.1. The fraction of sp³-hybridized carbons (Fsp3) is 0.917. The molecular weight excluding hydrogens is 202 g/mol. The molecule has 4 heteroatoms. The summed E-state index contributed by atoms with van der Waals surface area (Å²) in [4.78, 5) is 4.91. The van der Waals surface area contributed by atoms with E-state index < -0.39 is 0 Å². The molecular formula is C12H23N3O. The molecule has 1 saturated heterocycles. The molecule has 1 atom stereocenters. The second-order valence-electron chi connectivity index (χ2n) is 4.30. The topological polar surface area (TPSA) is 39.5 Å². The van der Waals surface area contributed by atoms with Gasteiger partial charge in [0.05, 0.1) is 12.7 Å². The smallest absolute Gasteiger partial charge is 0.0635 e. The number of hydrogen-bond acceptors (Lipinski definition) is 4. The van der Waals surface area contributed by atoms with Crippen LogP contribution in [0.5, 0.6) is 0 Å². The van der Waals surface area contributed by atoms with E-state index in [1.807, 2.05) is 0 Å². The molecule has 0 bridgehead atoms. The van der Waals surface area contributed by atoms with Gasteiger partial charge >= 0.3 is 0 Å².